The largest absolute Gasteiger partial charge is 0.389 e. The van der Waals surface area contributed by atoms with Crippen LogP contribution in [0.2, 0.25) is 0 Å². The van der Waals surface area contributed by atoms with Crippen LogP contribution in [0.3, 0.4) is 0 Å². The van der Waals surface area contributed by atoms with Crippen LogP contribution >= 0.6 is 0 Å². The van der Waals surface area contributed by atoms with Crippen LogP contribution in [0.4, 0.5) is 0 Å². The van der Waals surface area contributed by atoms with E-state index >= 15 is 0 Å². The third-order valence-corrected chi connectivity index (χ3v) is 10.3. The Bertz CT molecular complexity index is 591. The van der Waals surface area contributed by atoms with Crippen LogP contribution in [-0.2, 0) is 0 Å². The van der Waals surface area contributed by atoms with E-state index in [0.29, 0.717) is 10.8 Å². The van der Waals surface area contributed by atoms with Crippen LogP contribution in [-0.4, -0.2) is 11.2 Å². The van der Waals surface area contributed by atoms with Gasteiger partial charge in [0.2, 0.25) is 0 Å². The molecule has 0 bridgehead atoms. The third kappa shape index (κ3) is 3.42. The molecule has 0 aliphatic heterocycles. The fourth-order valence-corrected chi connectivity index (χ4v) is 8.73. The van der Waals surface area contributed by atoms with Crippen molar-refractivity contribution >= 4 is 0 Å². The summed E-state index contributed by atoms with van der Waals surface area (Å²) in [6.45, 7) is 12.6. The summed E-state index contributed by atoms with van der Waals surface area (Å²) < 4.78 is 0. The molecule has 4 aliphatic carbocycles. The molecule has 8 atom stereocenters. The lowest BCUT2D eigenvalue weighted by atomic mass is 9.46. The van der Waals surface area contributed by atoms with Gasteiger partial charge >= 0.3 is 0 Å². The van der Waals surface area contributed by atoms with E-state index in [4.69, 9.17) is 0 Å². The van der Waals surface area contributed by atoms with E-state index in [1.54, 1.807) is 5.57 Å². The minimum atomic E-state index is -0.170. The highest BCUT2D eigenvalue weighted by molar-refractivity contribution is 5.25. The molecule has 0 aromatic rings. The van der Waals surface area contributed by atoms with E-state index < -0.39 is 0 Å². The molecular weight excluding hydrogens is 340 g/mol. The van der Waals surface area contributed by atoms with Gasteiger partial charge in [0.15, 0.2) is 0 Å². The van der Waals surface area contributed by atoms with E-state index in [1.165, 1.54) is 64.2 Å². The molecule has 4 aliphatic rings. The Morgan fingerprint density at radius 3 is 2.50 bits per heavy atom. The molecule has 3 saturated carbocycles. The van der Waals surface area contributed by atoms with Gasteiger partial charge in [0.25, 0.3) is 0 Å². The summed E-state index contributed by atoms with van der Waals surface area (Å²) in [5, 5.41) is 10.2. The SMILES string of the molecule is CC(C)CCC[C@H](C)[C@@H]1CC[C@@H]2[C@H]3CCC4=C[C@H](O)CC[C@@]4(C)[C@@H]3CC[C@]21C. The fraction of sp³-hybridized carbons (Fsp3) is 0.926. The number of allylic oxidation sites excluding steroid dienone is 1. The first-order valence-electron chi connectivity index (χ1n) is 12.6. The van der Waals surface area contributed by atoms with Crippen molar-refractivity contribution in [2.45, 2.75) is 111 Å². The topological polar surface area (TPSA) is 20.2 Å². The molecular formula is C27H46O. The predicted molar refractivity (Wildman–Crippen MR) is 119 cm³/mol. The van der Waals surface area contributed by atoms with Gasteiger partial charge in [-0.05, 0) is 97.7 Å². The van der Waals surface area contributed by atoms with Crippen molar-refractivity contribution in [3.05, 3.63) is 11.6 Å². The Kier molecular flexibility index (Phi) is 5.80. The second-order valence-corrected chi connectivity index (χ2v) is 12.2. The minimum absolute atomic E-state index is 0.170. The van der Waals surface area contributed by atoms with E-state index in [-0.39, 0.29) is 6.10 Å². The summed E-state index contributed by atoms with van der Waals surface area (Å²) in [4.78, 5) is 0. The monoisotopic (exact) mass is 386 g/mol. The van der Waals surface area contributed by atoms with Crippen molar-refractivity contribution < 1.29 is 5.11 Å². The van der Waals surface area contributed by atoms with Gasteiger partial charge in [-0.2, -0.15) is 0 Å². The van der Waals surface area contributed by atoms with Gasteiger partial charge in [0.1, 0.15) is 0 Å². The van der Waals surface area contributed by atoms with E-state index in [9.17, 15) is 5.11 Å². The molecule has 1 nitrogen and oxygen atoms in total. The van der Waals surface area contributed by atoms with E-state index in [2.05, 4.69) is 40.7 Å². The zero-order valence-electron chi connectivity index (χ0n) is 19.3. The molecule has 28 heavy (non-hydrogen) atoms. The molecule has 0 spiro atoms. The van der Waals surface area contributed by atoms with Gasteiger partial charge in [-0.25, -0.2) is 0 Å². The second-order valence-electron chi connectivity index (χ2n) is 12.2. The van der Waals surface area contributed by atoms with Crippen molar-refractivity contribution in [1.82, 2.24) is 0 Å². The van der Waals surface area contributed by atoms with Crippen molar-refractivity contribution in [3.63, 3.8) is 0 Å². The average molecular weight is 387 g/mol. The van der Waals surface area contributed by atoms with Crippen molar-refractivity contribution in [1.29, 1.82) is 0 Å². The Balaban J connectivity index is 1.48. The Hall–Kier alpha value is -0.300. The molecule has 0 amide bonds. The quantitative estimate of drug-likeness (QED) is 0.488. The highest BCUT2D eigenvalue weighted by Crippen LogP contribution is 2.67. The van der Waals surface area contributed by atoms with Gasteiger partial charge in [-0.1, -0.05) is 65.5 Å². The first-order valence-corrected chi connectivity index (χ1v) is 12.6. The van der Waals surface area contributed by atoms with Crippen LogP contribution in [0.25, 0.3) is 0 Å². The maximum atomic E-state index is 10.2. The Labute approximate surface area is 174 Å². The first kappa shape index (κ1) is 21.0. The maximum absolute atomic E-state index is 10.2. The summed E-state index contributed by atoms with van der Waals surface area (Å²) in [7, 11) is 0. The molecule has 0 aromatic heterocycles. The predicted octanol–water partition coefficient (Wildman–Crippen LogP) is 7.39. The average Bonchev–Trinajstić information content (AvgIpc) is 2.99. The molecule has 4 rings (SSSR count). The smallest absolute Gasteiger partial charge is 0.0724 e. The summed E-state index contributed by atoms with van der Waals surface area (Å²) in [6, 6.07) is 0. The molecule has 0 unspecified atom stereocenters. The number of rotatable bonds is 5. The second kappa shape index (κ2) is 7.75. The molecule has 0 radical (unpaired) electrons. The molecule has 0 heterocycles. The number of hydrogen-bond donors (Lipinski definition) is 1. The molecule has 160 valence electrons. The van der Waals surface area contributed by atoms with Gasteiger partial charge in [-0.15, -0.1) is 0 Å². The summed E-state index contributed by atoms with van der Waals surface area (Å²) >= 11 is 0. The lowest BCUT2D eigenvalue weighted by Crippen LogP contribution is -2.51. The standard InChI is InChI=1S/C27H46O/c1-18(2)7-6-8-19(3)23-11-12-24-22-10-9-20-17-21(28)13-15-26(20,4)25(22)14-16-27(23,24)5/h17-19,21-25,28H,6-16H2,1-5H3/t19-,21+,22+,23-,24+,25+,26+,27-/m0/s1. The number of fused-ring (bicyclic) bond motifs is 5. The van der Waals surface area contributed by atoms with Crippen LogP contribution in [0, 0.1) is 46.3 Å². The lowest BCUT2D eigenvalue weighted by molar-refractivity contribution is -0.0626. The summed E-state index contributed by atoms with van der Waals surface area (Å²) in [5.74, 6) is 5.52. The Morgan fingerprint density at radius 1 is 0.964 bits per heavy atom. The van der Waals surface area contributed by atoms with Crippen molar-refractivity contribution in [2.24, 2.45) is 46.3 Å². The number of aliphatic hydroxyl groups is 1. The third-order valence-electron chi connectivity index (χ3n) is 10.3. The van der Waals surface area contributed by atoms with Crippen LogP contribution < -0.4 is 0 Å². The van der Waals surface area contributed by atoms with Gasteiger partial charge in [0.05, 0.1) is 6.10 Å². The van der Waals surface area contributed by atoms with Gasteiger partial charge in [0, 0.05) is 0 Å². The van der Waals surface area contributed by atoms with Crippen LogP contribution in [0.1, 0.15) is 105 Å². The van der Waals surface area contributed by atoms with Crippen molar-refractivity contribution in [3.8, 4) is 0 Å². The molecule has 0 saturated heterocycles. The lowest BCUT2D eigenvalue weighted by Gasteiger charge is -2.59. The Morgan fingerprint density at radius 2 is 1.75 bits per heavy atom. The zero-order valence-corrected chi connectivity index (χ0v) is 19.3. The molecule has 1 N–H and O–H groups in total. The molecule has 1 heteroatoms. The highest BCUT2D eigenvalue weighted by atomic mass is 16.3. The minimum Gasteiger partial charge on any atom is -0.389 e. The maximum Gasteiger partial charge on any atom is 0.0724 e. The van der Waals surface area contributed by atoms with Gasteiger partial charge in [-0.3, -0.25) is 0 Å². The van der Waals surface area contributed by atoms with Crippen LogP contribution in [0.15, 0.2) is 11.6 Å². The fourth-order valence-electron chi connectivity index (χ4n) is 8.73. The normalized spacial score (nSPS) is 46.5. The number of hydrogen-bond acceptors (Lipinski definition) is 1. The van der Waals surface area contributed by atoms with E-state index in [1.807, 2.05) is 0 Å². The highest BCUT2D eigenvalue weighted by Gasteiger charge is 2.59. The van der Waals surface area contributed by atoms with Crippen LogP contribution in [0.5, 0.6) is 0 Å². The van der Waals surface area contributed by atoms with Crippen molar-refractivity contribution in [2.75, 3.05) is 0 Å². The van der Waals surface area contributed by atoms with Gasteiger partial charge < -0.3 is 5.11 Å². The molecule has 3 fully saturated rings. The zero-order chi connectivity index (χ0) is 20.1. The first-order chi connectivity index (χ1) is 13.3. The summed E-state index contributed by atoms with van der Waals surface area (Å²) in [6.07, 6.45) is 17.1. The van der Waals surface area contributed by atoms with E-state index in [0.717, 1.165) is 41.9 Å². The molecule has 0 aromatic carbocycles. The summed E-state index contributed by atoms with van der Waals surface area (Å²) in [5.41, 5.74) is 2.61. The number of aliphatic hydroxyl groups excluding tert-OH is 1.